The van der Waals surface area contributed by atoms with Crippen molar-refractivity contribution in [2.75, 3.05) is 0 Å². The maximum Gasteiger partial charge on any atom is 0.124 e. The molecule has 0 saturated carbocycles. The van der Waals surface area contributed by atoms with Gasteiger partial charge in [-0.25, -0.2) is 0 Å². The zero-order valence-electron chi connectivity index (χ0n) is 9.16. The molecule has 2 atom stereocenters. The first-order valence-corrected chi connectivity index (χ1v) is 5.16. The molecule has 0 heterocycles. The van der Waals surface area contributed by atoms with Crippen LogP contribution < -0.4 is 10.5 Å². The van der Waals surface area contributed by atoms with Crippen molar-refractivity contribution < 1.29 is 4.74 Å². The van der Waals surface area contributed by atoms with Gasteiger partial charge in [0.15, 0.2) is 0 Å². The van der Waals surface area contributed by atoms with Crippen molar-refractivity contribution in [3.05, 3.63) is 29.8 Å². The molecule has 14 heavy (non-hydrogen) atoms. The number of rotatable bonds is 4. The maximum absolute atomic E-state index is 5.85. The molecule has 1 rings (SSSR count). The zero-order chi connectivity index (χ0) is 10.6. The Morgan fingerprint density at radius 1 is 1.29 bits per heavy atom. The van der Waals surface area contributed by atoms with Crippen LogP contribution in [-0.2, 0) is 0 Å². The van der Waals surface area contributed by atoms with Gasteiger partial charge in [-0.2, -0.15) is 0 Å². The van der Waals surface area contributed by atoms with E-state index in [-0.39, 0.29) is 12.1 Å². The molecule has 0 radical (unpaired) electrons. The number of hydrogen-bond donors (Lipinski definition) is 1. The number of ether oxygens (including phenoxy) is 1. The highest BCUT2D eigenvalue weighted by atomic mass is 16.5. The molecule has 0 bridgehead atoms. The van der Waals surface area contributed by atoms with Gasteiger partial charge < -0.3 is 10.5 Å². The van der Waals surface area contributed by atoms with Crippen LogP contribution in [0.15, 0.2) is 24.3 Å². The summed E-state index contributed by atoms with van der Waals surface area (Å²) in [4.78, 5) is 0. The number of para-hydroxylation sites is 1. The molecule has 0 saturated heterocycles. The Morgan fingerprint density at radius 2 is 1.93 bits per heavy atom. The average molecular weight is 193 g/mol. The fraction of sp³-hybridized carbons (Fsp3) is 0.500. The smallest absolute Gasteiger partial charge is 0.124 e. The van der Waals surface area contributed by atoms with Gasteiger partial charge in [-0.1, -0.05) is 25.1 Å². The van der Waals surface area contributed by atoms with Gasteiger partial charge in [-0.3, -0.25) is 0 Å². The van der Waals surface area contributed by atoms with E-state index in [2.05, 4.69) is 13.8 Å². The predicted molar refractivity (Wildman–Crippen MR) is 59.4 cm³/mol. The highest BCUT2D eigenvalue weighted by Crippen LogP contribution is 2.24. The molecule has 0 aliphatic rings. The van der Waals surface area contributed by atoms with E-state index in [0.29, 0.717) is 0 Å². The minimum atomic E-state index is 0.0234. The third-order valence-electron chi connectivity index (χ3n) is 2.31. The Kier molecular flexibility index (Phi) is 3.96. The Bertz CT molecular complexity index is 283. The van der Waals surface area contributed by atoms with Crippen molar-refractivity contribution in [1.82, 2.24) is 0 Å². The van der Waals surface area contributed by atoms with E-state index in [0.717, 1.165) is 17.7 Å². The summed E-state index contributed by atoms with van der Waals surface area (Å²) >= 11 is 0. The Labute approximate surface area is 86.1 Å². The van der Waals surface area contributed by atoms with E-state index in [1.54, 1.807) is 0 Å². The van der Waals surface area contributed by atoms with Gasteiger partial charge in [-0.15, -0.1) is 0 Å². The molecule has 1 aromatic rings. The first-order valence-electron chi connectivity index (χ1n) is 5.16. The molecule has 0 aliphatic carbocycles. The number of hydrogen-bond acceptors (Lipinski definition) is 2. The highest BCUT2D eigenvalue weighted by Gasteiger charge is 2.08. The minimum absolute atomic E-state index is 0.0234. The number of nitrogens with two attached hydrogens (primary N) is 1. The molecule has 1 unspecified atom stereocenters. The van der Waals surface area contributed by atoms with Crippen molar-refractivity contribution in [3.8, 4) is 5.75 Å². The largest absolute Gasteiger partial charge is 0.490 e. The van der Waals surface area contributed by atoms with E-state index in [1.807, 2.05) is 31.2 Å². The third kappa shape index (κ3) is 2.74. The maximum atomic E-state index is 5.85. The van der Waals surface area contributed by atoms with E-state index in [9.17, 15) is 0 Å². The molecule has 0 fully saturated rings. The lowest BCUT2D eigenvalue weighted by Gasteiger charge is -2.17. The van der Waals surface area contributed by atoms with Crippen molar-refractivity contribution in [1.29, 1.82) is 0 Å². The van der Waals surface area contributed by atoms with Gasteiger partial charge in [0.2, 0.25) is 0 Å². The quantitative estimate of drug-likeness (QED) is 0.798. The second-order valence-electron chi connectivity index (χ2n) is 3.66. The summed E-state index contributed by atoms with van der Waals surface area (Å²) in [6.45, 7) is 6.15. The normalized spacial score (nSPS) is 14.9. The molecule has 0 aromatic heterocycles. The van der Waals surface area contributed by atoms with Crippen LogP contribution in [0.1, 0.15) is 38.8 Å². The monoisotopic (exact) mass is 193 g/mol. The summed E-state index contributed by atoms with van der Waals surface area (Å²) in [5.41, 5.74) is 6.93. The van der Waals surface area contributed by atoms with Crippen molar-refractivity contribution in [3.63, 3.8) is 0 Å². The molecule has 0 amide bonds. The van der Waals surface area contributed by atoms with Crippen molar-refractivity contribution >= 4 is 0 Å². The van der Waals surface area contributed by atoms with Crippen LogP contribution in [0.3, 0.4) is 0 Å². The van der Waals surface area contributed by atoms with Crippen LogP contribution >= 0.6 is 0 Å². The van der Waals surface area contributed by atoms with E-state index in [1.165, 1.54) is 0 Å². The molecular weight excluding hydrogens is 174 g/mol. The minimum Gasteiger partial charge on any atom is -0.490 e. The lowest BCUT2D eigenvalue weighted by molar-refractivity contribution is 0.214. The highest BCUT2D eigenvalue weighted by molar-refractivity contribution is 5.35. The summed E-state index contributed by atoms with van der Waals surface area (Å²) in [6, 6.07) is 7.98. The SMILES string of the molecule is CCC(C)Oc1ccccc1[C@@H](C)N. The molecule has 78 valence electrons. The Balaban J connectivity index is 2.84. The van der Waals surface area contributed by atoms with Gasteiger partial charge in [0.1, 0.15) is 5.75 Å². The summed E-state index contributed by atoms with van der Waals surface area (Å²) in [6.07, 6.45) is 1.25. The van der Waals surface area contributed by atoms with Crippen LogP contribution in [0.4, 0.5) is 0 Å². The fourth-order valence-electron chi connectivity index (χ4n) is 1.26. The lowest BCUT2D eigenvalue weighted by atomic mass is 10.1. The number of benzene rings is 1. The summed E-state index contributed by atoms with van der Waals surface area (Å²) in [5, 5.41) is 0. The molecule has 2 heteroatoms. The van der Waals surface area contributed by atoms with E-state index < -0.39 is 0 Å². The predicted octanol–water partition coefficient (Wildman–Crippen LogP) is 2.88. The summed E-state index contributed by atoms with van der Waals surface area (Å²) in [5.74, 6) is 0.914. The van der Waals surface area contributed by atoms with Gasteiger partial charge >= 0.3 is 0 Å². The summed E-state index contributed by atoms with van der Waals surface area (Å²) < 4.78 is 5.78. The van der Waals surface area contributed by atoms with E-state index >= 15 is 0 Å². The second-order valence-corrected chi connectivity index (χ2v) is 3.66. The van der Waals surface area contributed by atoms with Gasteiger partial charge in [0, 0.05) is 11.6 Å². The molecular formula is C12H19NO. The van der Waals surface area contributed by atoms with Crippen LogP contribution in [0.2, 0.25) is 0 Å². The van der Waals surface area contributed by atoms with Crippen LogP contribution in [0.25, 0.3) is 0 Å². The molecule has 0 aliphatic heterocycles. The first kappa shape index (κ1) is 11.1. The Morgan fingerprint density at radius 3 is 2.50 bits per heavy atom. The average Bonchev–Trinajstić information content (AvgIpc) is 2.18. The first-order chi connectivity index (χ1) is 6.65. The standard InChI is InChI=1S/C12H19NO/c1-4-9(2)14-12-8-6-5-7-11(12)10(3)13/h5-10H,4,13H2,1-3H3/t9?,10-/m1/s1. The van der Waals surface area contributed by atoms with Crippen molar-refractivity contribution in [2.45, 2.75) is 39.3 Å². The van der Waals surface area contributed by atoms with Gasteiger partial charge in [-0.05, 0) is 26.3 Å². The molecule has 0 spiro atoms. The zero-order valence-corrected chi connectivity index (χ0v) is 9.16. The van der Waals surface area contributed by atoms with Crippen molar-refractivity contribution in [2.24, 2.45) is 5.73 Å². The fourth-order valence-corrected chi connectivity index (χ4v) is 1.26. The third-order valence-corrected chi connectivity index (χ3v) is 2.31. The van der Waals surface area contributed by atoms with Crippen LogP contribution in [0.5, 0.6) is 5.75 Å². The van der Waals surface area contributed by atoms with E-state index in [4.69, 9.17) is 10.5 Å². The van der Waals surface area contributed by atoms with Crippen LogP contribution in [0, 0.1) is 0 Å². The molecule has 1 aromatic carbocycles. The molecule has 2 N–H and O–H groups in total. The lowest BCUT2D eigenvalue weighted by Crippen LogP contribution is -2.13. The Hall–Kier alpha value is -1.02. The summed E-state index contributed by atoms with van der Waals surface area (Å²) in [7, 11) is 0. The van der Waals surface area contributed by atoms with Gasteiger partial charge in [0.25, 0.3) is 0 Å². The molecule has 2 nitrogen and oxygen atoms in total. The van der Waals surface area contributed by atoms with Crippen LogP contribution in [-0.4, -0.2) is 6.10 Å². The topological polar surface area (TPSA) is 35.2 Å². The second kappa shape index (κ2) is 5.01. The van der Waals surface area contributed by atoms with Gasteiger partial charge in [0.05, 0.1) is 6.10 Å².